The number of non-ortho nitro benzene ring substituents is 1. The third-order valence-electron chi connectivity index (χ3n) is 3.00. The lowest BCUT2D eigenvalue weighted by molar-refractivity contribution is -0.384. The molecule has 2 rings (SSSR count). The van der Waals surface area contributed by atoms with Crippen molar-refractivity contribution in [2.45, 2.75) is 12.2 Å². The minimum absolute atomic E-state index is 0.00620. The molecule has 7 heteroatoms. The predicted molar refractivity (Wildman–Crippen MR) is 74.2 cm³/mol. The van der Waals surface area contributed by atoms with Gasteiger partial charge in [0.15, 0.2) is 0 Å². The predicted octanol–water partition coefficient (Wildman–Crippen LogP) is 2.23. The molecular formula is C12H14N2O4S. The van der Waals surface area contributed by atoms with Gasteiger partial charge in [0.25, 0.3) is 5.69 Å². The highest BCUT2D eigenvalue weighted by Gasteiger charge is 2.23. The van der Waals surface area contributed by atoms with Gasteiger partial charge in [0.05, 0.1) is 16.2 Å². The van der Waals surface area contributed by atoms with Crippen molar-refractivity contribution >= 4 is 29.1 Å². The summed E-state index contributed by atoms with van der Waals surface area (Å²) in [6.07, 6.45) is 0. The molecule has 1 aliphatic heterocycles. The van der Waals surface area contributed by atoms with Gasteiger partial charge in [-0.15, -0.1) is 0 Å². The lowest BCUT2D eigenvalue weighted by atomic mass is 10.1. The summed E-state index contributed by atoms with van der Waals surface area (Å²) in [7, 11) is 0. The zero-order chi connectivity index (χ0) is 14.0. The van der Waals surface area contributed by atoms with Crippen LogP contribution in [0.15, 0.2) is 18.2 Å². The van der Waals surface area contributed by atoms with Crippen molar-refractivity contribution in [3.63, 3.8) is 0 Å². The molecule has 0 spiro atoms. The van der Waals surface area contributed by atoms with E-state index in [0.717, 1.165) is 24.9 Å². The SMILES string of the molecule is CC1CN(c2ccc([N+](=O)[O-])cc2C(=O)O)CCS1. The highest BCUT2D eigenvalue weighted by Crippen LogP contribution is 2.29. The van der Waals surface area contributed by atoms with Gasteiger partial charge < -0.3 is 10.0 Å². The van der Waals surface area contributed by atoms with E-state index < -0.39 is 10.9 Å². The van der Waals surface area contributed by atoms with E-state index in [-0.39, 0.29) is 11.3 Å². The number of nitrogens with zero attached hydrogens (tertiary/aromatic N) is 2. The topological polar surface area (TPSA) is 83.7 Å². The van der Waals surface area contributed by atoms with Crippen molar-refractivity contribution in [2.75, 3.05) is 23.7 Å². The molecule has 1 aromatic rings. The zero-order valence-electron chi connectivity index (χ0n) is 10.4. The number of carboxylic acid groups (broad SMARTS) is 1. The van der Waals surface area contributed by atoms with Gasteiger partial charge in [-0.3, -0.25) is 10.1 Å². The van der Waals surface area contributed by atoms with Crippen LogP contribution in [0, 0.1) is 10.1 Å². The smallest absolute Gasteiger partial charge is 0.338 e. The van der Waals surface area contributed by atoms with Gasteiger partial charge in [-0.2, -0.15) is 11.8 Å². The average molecular weight is 282 g/mol. The van der Waals surface area contributed by atoms with Gasteiger partial charge in [-0.05, 0) is 6.07 Å². The number of carbonyl (C=O) groups is 1. The molecule has 1 heterocycles. The Kier molecular flexibility index (Phi) is 3.94. The molecule has 0 amide bonds. The summed E-state index contributed by atoms with van der Waals surface area (Å²) in [4.78, 5) is 23.4. The first-order valence-electron chi connectivity index (χ1n) is 5.87. The van der Waals surface area contributed by atoms with E-state index >= 15 is 0 Å². The molecule has 0 aromatic heterocycles. The number of hydrogen-bond donors (Lipinski definition) is 1. The maximum Gasteiger partial charge on any atom is 0.338 e. The monoisotopic (exact) mass is 282 g/mol. The summed E-state index contributed by atoms with van der Waals surface area (Å²) in [6.45, 7) is 3.60. The second-order valence-corrected chi connectivity index (χ2v) is 5.94. The van der Waals surface area contributed by atoms with Crippen molar-refractivity contribution in [1.29, 1.82) is 0 Å². The van der Waals surface area contributed by atoms with E-state index in [1.807, 2.05) is 16.7 Å². The lowest BCUT2D eigenvalue weighted by Crippen LogP contribution is -2.37. The Morgan fingerprint density at radius 1 is 1.58 bits per heavy atom. The molecule has 1 atom stereocenters. The maximum absolute atomic E-state index is 11.3. The molecule has 1 aromatic carbocycles. The first-order valence-corrected chi connectivity index (χ1v) is 6.92. The number of nitro benzene ring substituents is 1. The van der Waals surface area contributed by atoms with Gasteiger partial charge in [0, 0.05) is 36.2 Å². The molecule has 102 valence electrons. The Bertz CT molecular complexity index is 520. The fourth-order valence-electron chi connectivity index (χ4n) is 2.12. The minimum atomic E-state index is -1.13. The third kappa shape index (κ3) is 2.98. The molecular weight excluding hydrogens is 268 g/mol. The van der Waals surface area contributed by atoms with Gasteiger partial charge in [-0.1, -0.05) is 6.92 Å². The van der Waals surface area contributed by atoms with E-state index in [1.165, 1.54) is 12.1 Å². The number of nitro groups is 1. The van der Waals surface area contributed by atoms with Crippen LogP contribution in [0.5, 0.6) is 0 Å². The minimum Gasteiger partial charge on any atom is -0.478 e. The molecule has 0 aliphatic carbocycles. The highest BCUT2D eigenvalue weighted by atomic mass is 32.2. The molecule has 6 nitrogen and oxygen atoms in total. The van der Waals surface area contributed by atoms with Crippen LogP contribution in [-0.4, -0.2) is 40.1 Å². The number of aromatic carboxylic acids is 1. The van der Waals surface area contributed by atoms with E-state index in [9.17, 15) is 20.0 Å². The second kappa shape index (κ2) is 5.48. The van der Waals surface area contributed by atoms with E-state index in [2.05, 4.69) is 6.92 Å². The number of rotatable bonds is 3. The quantitative estimate of drug-likeness (QED) is 0.676. The summed E-state index contributed by atoms with van der Waals surface area (Å²) in [5.74, 6) is -0.207. The van der Waals surface area contributed by atoms with Gasteiger partial charge in [0.1, 0.15) is 0 Å². The van der Waals surface area contributed by atoms with Crippen LogP contribution >= 0.6 is 11.8 Å². The summed E-state index contributed by atoms with van der Waals surface area (Å²) in [6, 6.07) is 4.02. The molecule has 1 unspecified atom stereocenters. The van der Waals surface area contributed by atoms with Crippen molar-refractivity contribution < 1.29 is 14.8 Å². The van der Waals surface area contributed by atoms with Crippen molar-refractivity contribution in [1.82, 2.24) is 0 Å². The van der Waals surface area contributed by atoms with E-state index in [0.29, 0.717) is 10.9 Å². The Labute approximate surface area is 114 Å². The molecule has 0 bridgehead atoms. The highest BCUT2D eigenvalue weighted by molar-refractivity contribution is 8.00. The Hall–Kier alpha value is -1.76. The lowest BCUT2D eigenvalue weighted by Gasteiger charge is -2.33. The van der Waals surface area contributed by atoms with Crippen LogP contribution in [0.1, 0.15) is 17.3 Å². The number of hydrogen-bond acceptors (Lipinski definition) is 5. The van der Waals surface area contributed by atoms with Gasteiger partial charge >= 0.3 is 5.97 Å². The van der Waals surface area contributed by atoms with Gasteiger partial charge in [0.2, 0.25) is 0 Å². The Morgan fingerprint density at radius 2 is 2.32 bits per heavy atom. The number of benzene rings is 1. The Balaban J connectivity index is 2.38. The third-order valence-corrected chi connectivity index (χ3v) is 4.14. The normalized spacial score (nSPS) is 19.2. The zero-order valence-corrected chi connectivity index (χ0v) is 11.2. The molecule has 0 radical (unpaired) electrons. The summed E-state index contributed by atoms with van der Waals surface area (Å²) < 4.78 is 0. The second-order valence-electron chi connectivity index (χ2n) is 4.39. The molecule has 1 fully saturated rings. The summed E-state index contributed by atoms with van der Waals surface area (Å²) in [5.41, 5.74) is 0.360. The number of thioether (sulfide) groups is 1. The van der Waals surface area contributed by atoms with Crippen LogP contribution in [0.3, 0.4) is 0 Å². The molecule has 1 aliphatic rings. The maximum atomic E-state index is 11.3. The van der Waals surface area contributed by atoms with E-state index in [1.54, 1.807) is 0 Å². The fourth-order valence-corrected chi connectivity index (χ4v) is 3.14. The van der Waals surface area contributed by atoms with Crippen molar-refractivity contribution in [3.05, 3.63) is 33.9 Å². The summed E-state index contributed by atoms with van der Waals surface area (Å²) in [5, 5.41) is 20.3. The molecule has 1 N–H and O–H groups in total. The number of anilines is 1. The standard InChI is InChI=1S/C12H14N2O4S/c1-8-7-13(4-5-19-8)11-3-2-9(14(17)18)6-10(11)12(15)16/h2-3,6,8H,4-5,7H2,1H3,(H,15,16). The van der Waals surface area contributed by atoms with Crippen LogP contribution in [0.25, 0.3) is 0 Å². The average Bonchev–Trinajstić information content (AvgIpc) is 2.37. The first-order chi connectivity index (χ1) is 8.99. The van der Waals surface area contributed by atoms with E-state index in [4.69, 9.17) is 0 Å². The first kappa shape index (κ1) is 13.7. The molecule has 1 saturated heterocycles. The Morgan fingerprint density at radius 3 is 2.89 bits per heavy atom. The van der Waals surface area contributed by atoms with Crippen LogP contribution in [-0.2, 0) is 0 Å². The van der Waals surface area contributed by atoms with Crippen LogP contribution in [0.2, 0.25) is 0 Å². The van der Waals surface area contributed by atoms with Crippen molar-refractivity contribution in [3.8, 4) is 0 Å². The fraction of sp³-hybridized carbons (Fsp3) is 0.417. The largest absolute Gasteiger partial charge is 0.478 e. The van der Waals surface area contributed by atoms with Gasteiger partial charge in [-0.25, -0.2) is 4.79 Å². The van der Waals surface area contributed by atoms with Crippen LogP contribution in [0.4, 0.5) is 11.4 Å². The molecule has 19 heavy (non-hydrogen) atoms. The van der Waals surface area contributed by atoms with Crippen LogP contribution < -0.4 is 4.90 Å². The number of carboxylic acids is 1. The molecule has 0 saturated carbocycles. The summed E-state index contributed by atoms with van der Waals surface area (Å²) >= 11 is 1.84. The van der Waals surface area contributed by atoms with Crippen molar-refractivity contribution in [2.24, 2.45) is 0 Å².